The Bertz CT molecular complexity index is 551. The van der Waals surface area contributed by atoms with Crippen molar-refractivity contribution < 1.29 is 9.53 Å². The smallest absolute Gasteiger partial charge is 0.315 e. The van der Waals surface area contributed by atoms with Crippen LogP contribution >= 0.6 is 0 Å². The van der Waals surface area contributed by atoms with Gasteiger partial charge in [0.05, 0.1) is 12.5 Å². The molecule has 2 heteroatoms. The lowest BCUT2D eigenvalue weighted by molar-refractivity contribution is -0.147. The Morgan fingerprint density at radius 2 is 1.86 bits per heavy atom. The van der Waals surface area contributed by atoms with Gasteiger partial charge in [0.1, 0.15) is 0 Å². The summed E-state index contributed by atoms with van der Waals surface area (Å²) in [5.41, 5.74) is 1.50. The number of hydrogen-bond donors (Lipinski definition) is 0. The van der Waals surface area contributed by atoms with Crippen LogP contribution in [-0.4, -0.2) is 13.1 Å². The van der Waals surface area contributed by atoms with Gasteiger partial charge in [-0.2, -0.15) is 0 Å². The first-order valence-electron chi connectivity index (χ1n) is 7.88. The SMILES string of the molecule is C#CC(C)(C)CCCCC(C)(C(=O)OC)c1cccc(C)c1. The second-order valence-corrected chi connectivity index (χ2v) is 6.93. The van der Waals surface area contributed by atoms with E-state index < -0.39 is 5.41 Å². The number of terminal acetylenes is 1. The monoisotopic (exact) mass is 300 g/mol. The fraction of sp³-hybridized carbons (Fsp3) is 0.550. The highest BCUT2D eigenvalue weighted by Crippen LogP contribution is 2.33. The van der Waals surface area contributed by atoms with Gasteiger partial charge >= 0.3 is 5.97 Å². The maximum Gasteiger partial charge on any atom is 0.315 e. The van der Waals surface area contributed by atoms with Crippen LogP contribution in [0.15, 0.2) is 24.3 Å². The molecule has 0 heterocycles. The van der Waals surface area contributed by atoms with Crippen LogP contribution in [-0.2, 0) is 14.9 Å². The number of ether oxygens (including phenoxy) is 1. The number of carbonyl (C=O) groups is 1. The first-order chi connectivity index (χ1) is 10.2. The molecule has 1 atom stereocenters. The molecular weight excluding hydrogens is 272 g/mol. The summed E-state index contributed by atoms with van der Waals surface area (Å²) >= 11 is 0. The van der Waals surface area contributed by atoms with Crippen molar-refractivity contribution >= 4 is 5.97 Å². The summed E-state index contributed by atoms with van der Waals surface area (Å²) in [5, 5.41) is 0. The molecule has 0 amide bonds. The number of carbonyl (C=O) groups excluding carboxylic acids is 1. The quantitative estimate of drug-likeness (QED) is 0.416. The van der Waals surface area contributed by atoms with Gasteiger partial charge in [-0.3, -0.25) is 4.79 Å². The Hall–Kier alpha value is -1.75. The summed E-state index contributed by atoms with van der Waals surface area (Å²) in [5.74, 6) is 2.65. The molecule has 120 valence electrons. The average molecular weight is 300 g/mol. The minimum absolute atomic E-state index is 0.0784. The molecule has 0 aromatic heterocycles. The van der Waals surface area contributed by atoms with Crippen LogP contribution in [0, 0.1) is 24.7 Å². The molecule has 0 N–H and O–H groups in total. The van der Waals surface area contributed by atoms with Gasteiger partial charge in [0.15, 0.2) is 0 Å². The van der Waals surface area contributed by atoms with Crippen LogP contribution in [0.3, 0.4) is 0 Å². The third-order valence-electron chi connectivity index (χ3n) is 4.41. The molecule has 0 aliphatic heterocycles. The maximum atomic E-state index is 12.3. The molecule has 1 rings (SSSR count). The molecule has 22 heavy (non-hydrogen) atoms. The van der Waals surface area contributed by atoms with E-state index in [-0.39, 0.29) is 11.4 Å². The zero-order chi connectivity index (χ0) is 16.8. The highest BCUT2D eigenvalue weighted by Gasteiger charge is 2.35. The van der Waals surface area contributed by atoms with Gasteiger partial charge in [-0.05, 0) is 46.1 Å². The number of methoxy groups -OCH3 is 1. The van der Waals surface area contributed by atoms with Crippen LogP contribution in [0.1, 0.15) is 57.6 Å². The number of rotatable bonds is 7. The Morgan fingerprint density at radius 1 is 1.23 bits per heavy atom. The number of unbranched alkanes of at least 4 members (excludes halogenated alkanes) is 1. The first-order valence-corrected chi connectivity index (χ1v) is 7.88. The van der Waals surface area contributed by atoms with Crippen molar-refractivity contribution in [3.8, 4) is 12.3 Å². The second kappa shape index (κ2) is 7.49. The van der Waals surface area contributed by atoms with Crippen molar-refractivity contribution in [2.45, 2.75) is 58.8 Å². The Labute approximate surface area is 135 Å². The van der Waals surface area contributed by atoms with Gasteiger partial charge in [-0.1, -0.05) is 42.7 Å². The predicted molar refractivity (Wildman–Crippen MR) is 91.6 cm³/mol. The summed E-state index contributed by atoms with van der Waals surface area (Å²) in [6, 6.07) is 8.11. The molecule has 0 fully saturated rings. The van der Waals surface area contributed by atoms with E-state index in [1.54, 1.807) is 0 Å². The van der Waals surface area contributed by atoms with Gasteiger partial charge in [-0.25, -0.2) is 0 Å². The summed E-state index contributed by atoms with van der Waals surface area (Å²) in [4.78, 5) is 12.3. The van der Waals surface area contributed by atoms with Crippen LogP contribution in [0.25, 0.3) is 0 Å². The van der Waals surface area contributed by atoms with Crippen LogP contribution in [0.5, 0.6) is 0 Å². The van der Waals surface area contributed by atoms with Crippen molar-refractivity contribution in [2.24, 2.45) is 5.41 Å². The topological polar surface area (TPSA) is 26.3 Å². The Balaban J connectivity index is 2.82. The zero-order valence-electron chi connectivity index (χ0n) is 14.5. The maximum absolute atomic E-state index is 12.3. The predicted octanol–water partition coefficient (Wildman–Crippen LogP) is 4.65. The van der Waals surface area contributed by atoms with Crippen molar-refractivity contribution in [3.05, 3.63) is 35.4 Å². The van der Waals surface area contributed by atoms with Gasteiger partial charge in [0.2, 0.25) is 0 Å². The van der Waals surface area contributed by atoms with Crippen molar-refractivity contribution in [1.82, 2.24) is 0 Å². The van der Waals surface area contributed by atoms with Crippen molar-refractivity contribution in [3.63, 3.8) is 0 Å². The highest BCUT2D eigenvalue weighted by atomic mass is 16.5. The highest BCUT2D eigenvalue weighted by molar-refractivity contribution is 5.82. The van der Waals surface area contributed by atoms with Crippen LogP contribution in [0.4, 0.5) is 0 Å². The Kier molecular flexibility index (Phi) is 6.23. The second-order valence-electron chi connectivity index (χ2n) is 6.93. The molecule has 0 saturated carbocycles. The summed E-state index contributed by atoms with van der Waals surface area (Å²) in [6.45, 7) is 8.16. The molecule has 0 aliphatic rings. The van der Waals surface area contributed by atoms with E-state index in [0.717, 1.165) is 36.8 Å². The van der Waals surface area contributed by atoms with Gasteiger partial charge in [0, 0.05) is 5.41 Å². The van der Waals surface area contributed by atoms with E-state index in [9.17, 15) is 4.79 Å². The standard InChI is InChI=1S/C20H28O2/c1-7-19(3,4)13-8-9-14-20(5,18(21)22-6)17-12-10-11-16(2)15-17/h1,10-12,15H,8-9,13-14H2,2-6H3. The summed E-state index contributed by atoms with van der Waals surface area (Å²) in [6.07, 6.45) is 9.22. The van der Waals surface area contributed by atoms with Gasteiger partial charge in [0.25, 0.3) is 0 Å². The fourth-order valence-electron chi connectivity index (χ4n) is 2.70. The minimum atomic E-state index is -0.596. The largest absolute Gasteiger partial charge is 0.468 e. The molecule has 1 unspecified atom stereocenters. The van der Waals surface area contributed by atoms with E-state index in [1.807, 2.05) is 32.0 Å². The molecule has 0 radical (unpaired) electrons. The lowest BCUT2D eigenvalue weighted by Gasteiger charge is -2.28. The van der Waals surface area contributed by atoms with Gasteiger partial charge in [-0.15, -0.1) is 12.3 Å². The van der Waals surface area contributed by atoms with Crippen LogP contribution < -0.4 is 0 Å². The first kappa shape index (κ1) is 18.3. The molecule has 0 bridgehead atoms. The number of aryl methyl sites for hydroxylation is 1. The molecule has 0 aliphatic carbocycles. The Morgan fingerprint density at radius 3 is 2.41 bits per heavy atom. The third-order valence-corrected chi connectivity index (χ3v) is 4.41. The number of benzene rings is 1. The van der Waals surface area contributed by atoms with Crippen molar-refractivity contribution in [2.75, 3.05) is 7.11 Å². The zero-order valence-corrected chi connectivity index (χ0v) is 14.5. The van der Waals surface area contributed by atoms with E-state index in [2.05, 4.69) is 25.8 Å². The van der Waals surface area contributed by atoms with Gasteiger partial charge < -0.3 is 4.74 Å². The molecule has 0 spiro atoms. The normalized spacial score (nSPS) is 14.0. The molecule has 1 aromatic carbocycles. The van der Waals surface area contributed by atoms with Crippen molar-refractivity contribution in [1.29, 1.82) is 0 Å². The fourth-order valence-corrected chi connectivity index (χ4v) is 2.70. The molecule has 1 aromatic rings. The van der Waals surface area contributed by atoms with E-state index in [0.29, 0.717) is 0 Å². The average Bonchev–Trinajstić information content (AvgIpc) is 2.50. The minimum Gasteiger partial charge on any atom is -0.468 e. The lowest BCUT2D eigenvalue weighted by atomic mass is 9.77. The summed E-state index contributed by atoms with van der Waals surface area (Å²) < 4.78 is 5.06. The number of hydrogen-bond acceptors (Lipinski definition) is 2. The lowest BCUT2D eigenvalue weighted by Crippen LogP contribution is -2.34. The molecule has 2 nitrogen and oxygen atoms in total. The number of esters is 1. The van der Waals surface area contributed by atoms with Crippen LogP contribution in [0.2, 0.25) is 0 Å². The van der Waals surface area contributed by atoms with E-state index in [4.69, 9.17) is 11.2 Å². The molecular formula is C20H28O2. The van der Waals surface area contributed by atoms with E-state index in [1.165, 1.54) is 7.11 Å². The molecule has 0 saturated heterocycles. The third kappa shape index (κ3) is 4.63. The summed E-state index contributed by atoms with van der Waals surface area (Å²) in [7, 11) is 1.46. The van der Waals surface area contributed by atoms with E-state index >= 15 is 0 Å².